The summed E-state index contributed by atoms with van der Waals surface area (Å²) in [5.41, 5.74) is 16.9. The van der Waals surface area contributed by atoms with Gasteiger partial charge in [0.05, 0.1) is 16.7 Å². The third kappa shape index (κ3) is 4.09. The summed E-state index contributed by atoms with van der Waals surface area (Å²) in [6.45, 7) is 16.6. The van der Waals surface area contributed by atoms with Crippen LogP contribution in [-0.4, -0.2) is 11.3 Å². The number of rotatable bonds is 1. The van der Waals surface area contributed by atoms with Gasteiger partial charge in [-0.25, -0.2) is 0 Å². The van der Waals surface area contributed by atoms with E-state index >= 15 is 0 Å². The van der Waals surface area contributed by atoms with Crippen LogP contribution in [0.2, 0.25) is 0 Å². The van der Waals surface area contributed by atoms with Crippen molar-refractivity contribution in [1.82, 2.24) is 4.57 Å². The van der Waals surface area contributed by atoms with Gasteiger partial charge < -0.3 is 14.0 Å². The first-order valence-corrected chi connectivity index (χ1v) is 21.1. The lowest BCUT2D eigenvalue weighted by Gasteiger charge is -2.33. The van der Waals surface area contributed by atoms with Crippen molar-refractivity contribution in [2.45, 2.75) is 110 Å². The Balaban J connectivity index is 1.16. The summed E-state index contributed by atoms with van der Waals surface area (Å²) in [4.78, 5) is 0. The van der Waals surface area contributed by atoms with Crippen molar-refractivity contribution < 1.29 is 9.47 Å². The molecule has 7 aromatic rings. The van der Waals surface area contributed by atoms with E-state index in [4.69, 9.17) is 9.47 Å². The van der Waals surface area contributed by atoms with Crippen LogP contribution in [0.4, 0.5) is 0 Å². The Hall–Kier alpha value is -4.48. The number of hydrogen-bond donors (Lipinski definition) is 0. The Bertz CT molecular complexity index is 2790. The second-order valence-electron chi connectivity index (χ2n) is 19.4. The Labute approximate surface area is 322 Å². The van der Waals surface area contributed by atoms with Gasteiger partial charge in [0.15, 0.2) is 0 Å². The molecule has 0 radical (unpaired) electrons. The van der Waals surface area contributed by atoms with Crippen molar-refractivity contribution >= 4 is 65.6 Å². The first-order chi connectivity index (χ1) is 25.9. The van der Waals surface area contributed by atoms with Gasteiger partial charge in [0.25, 0.3) is 6.71 Å². The molecule has 2 aliphatic heterocycles. The summed E-state index contributed by atoms with van der Waals surface area (Å²) in [6.07, 6.45) is 8.14. The quantitative estimate of drug-likeness (QED) is 0.157. The SMILES string of the molecule is CC(C)(C)c1ccc2c3c(sc2c1)B1c2cc4c(cc2Oc2cc(-n5c6c7c(ccc6c6ccc8c(c65)CCC8)CCC7)cc(c21)O3)C(C)(C)CC4(C)C. The number of benzene rings is 5. The van der Waals surface area contributed by atoms with Gasteiger partial charge in [-0.1, -0.05) is 84.9 Å². The molecule has 5 aromatic carbocycles. The Morgan fingerprint density at radius 1 is 0.667 bits per heavy atom. The van der Waals surface area contributed by atoms with Crippen molar-refractivity contribution in [2.75, 3.05) is 0 Å². The highest BCUT2D eigenvalue weighted by atomic mass is 32.1. The molecule has 4 heterocycles. The first kappa shape index (κ1) is 31.8. The molecule has 0 unspecified atom stereocenters. The van der Waals surface area contributed by atoms with E-state index in [1.54, 1.807) is 0 Å². The van der Waals surface area contributed by atoms with Crippen LogP contribution in [0.25, 0.3) is 37.6 Å². The van der Waals surface area contributed by atoms with Crippen LogP contribution >= 0.6 is 11.3 Å². The maximum atomic E-state index is 7.25. The van der Waals surface area contributed by atoms with Crippen LogP contribution in [0.5, 0.6) is 23.0 Å². The molecule has 54 heavy (non-hydrogen) atoms. The fourth-order valence-corrected chi connectivity index (χ4v) is 12.9. The molecule has 0 saturated carbocycles. The smallest absolute Gasteiger partial charge is 0.273 e. The molecule has 5 aliphatic rings. The van der Waals surface area contributed by atoms with E-state index in [-0.39, 0.29) is 23.0 Å². The van der Waals surface area contributed by atoms with E-state index < -0.39 is 0 Å². The van der Waals surface area contributed by atoms with Crippen molar-refractivity contribution in [3.63, 3.8) is 0 Å². The molecule has 12 rings (SSSR count). The highest BCUT2D eigenvalue weighted by Crippen LogP contribution is 2.52. The number of ether oxygens (including phenoxy) is 2. The van der Waals surface area contributed by atoms with E-state index in [9.17, 15) is 0 Å². The zero-order valence-electron chi connectivity index (χ0n) is 32.5. The standard InChI is InChI=1S/C49H46BNO2S/c1-47(2,3)28-16-19-34-41(20-28)54-46-45(34)53-40-22-29(21-39-42(40)50(46)37-23-35-36(24-38(37)52-39)49(6,7)25-48(35,4)5)51-43-30-12-8-10-26(30)14-17-32(43)33-18-15-27-11-9-13-31(27)44(33)51/h14-24H,8-13,25H2,1-7H3. The molecule has 0 saturated heterocycles. The number of nitrogens with zero attached hydrogens (tertiary/aromatic N) is 1. The Morgan fingerprint density at radius 3 is 1.93 bits per heavy atom. The lowest BCUT2D eigenvalue weighted by atomic mass is 9.37. The summed E-state index contributed by atoms with van der Waals surface area (Å²) in [7, 11) is 0. The number of fused-ring (bicyclic) bond motifs is 14. The minimum Gasteiger partial charge on any atom is -0.458 e. The molecule has 2 aromatic heterocycles. The normalized spacial score (nSPS) is 18.3. The van der Waals surface area contributed by atoms with Gasteiger partial charge >= 0.3 is 0 Å². The van der Waals surface area contributed by atoms with Gasteiger partial charge in [0.2, 0.25) is 0 Å². The summed E-state index contributed by atoms with van der Waals surface area (Å²) < 4.78 is 19.7. The number of hydrogen-bond acceptors (Lipinski definition) is 3. The maximum absolute atomic E-state index is 7.25. The monoisotopic (exact) mass is 723 g/mol. The van der Waals surface area contributed by atoms with E-state index in [0.29, 0.717) is 0 Å². The molecule has 0 fully saturated rings. The highest BCUT2D eigenvalue weighted by Gasteiger charge is 2.47. The topological polar surface area (TPSA) is 23.4 Å². The Morgan fingerprint density at radius 2 is 1.28 bits per heavy atom. The molecule has 0 amide bonds. The molecule has 5 heteroatoms. The molecule has 0 spiro atoms. The van der Waals surface area contributed by atoms with Crippen LogP contribution < -0.4 is 25.2 Å². The third-order valence-electron chi connectivity index (χ3n) is 13.9. The second kappa shape index (κ2) is 10.2. The Kier molecular flexibility index (Phi) is 6.03. The first-order valence-electron chi connectivity index (χ1n) is 20.3. The number of thiophene rings is 1. The van der Waals surface area contributed by atoms with Gasteiger partial charge in [-0.05, 0) is 124 Å². The molecule has 0 bridgehead atoms. The fourth-order valence-electron chi connectivity index (χ4n) is 11.6. The van der Waals surface area contributed by atoms with Crippen molar-refractivity contribution in [3.05, 3.63) is 106 Å². The fraction of sp³-hybridized carbons (Fsp3) is 0.347. The lowest BCUT2D eigenvalue weighted by molar-refractivity contribution is 0.402. The summed E-state index contributed by atoms with van der Waals surface area (Å²) in [6, 6.07) is 26.3. The highest BCUT2D eigenvalue weighted by molar-refractivity contribution is 7.33. The van der Waals surface area contributed by atoms with Gasteiger partial charge in [0.1, 0.15) is 23.0 Å². The van der Waals surface area contributed by atoms with E-state index in [1.165, 1.54) is 99.4 Å². The molecular weight excluding hydrogens is 677 g/mol. The molecule has 3 aliphatic carbocycles. The van der Waals surface area contributed by atoms with Crippen LogP contribution in [0.3, 0.4) is 0 Å². The van der Waals surface area contributed by atoms with Crippen molar-refractivity contribution in [3.8, 4) is 28.7 Å². The van der Waals surface area contributed by atoms with Gasteiger partial charge in [-0.2, -0.15) is 0 Å². The number of aryl methyl sites for hydroxylation is 4. The van der Waals surface area contributed by atoms with Gasteiger partial charge in [-0.3, -0.25) is 0 Å². The molecular formula is C49H46BNO2S. The van der Waals surface area contributed by atoms with Crippen molar-refractivity contribution in [2.24, 2.45) is 0 Å². The van der Waals surface area contributed by atoms with E-state index in [1.807, 2.05) is 11.3 Å². The molecule has 0 N–H and O–H groups in total. The number of aromatic nitrogens is 1. The minimum atomic E-state index is 0.0449. The van der Waals surface area contributed by atoms with Crippen LogP contribution in [0.15, 0.2) is 66.7 Å². The summed E-state index contributed by atoms with van der Waals surface area (Å²) in [5, 5.41) is 3.96. The van der Waals surface area contributed by atoms with Gasteiger partial charge in [0, 0.05) is 43.2 Å². The van der Waals surface area contributed by atoms with E-state index in [2.05, 4.69) is 120 Å². The van der Waals surface area contributed by atoms with E-state index in [0.717, 1.165) is 60.8 Å². The lowest BCUT2D eigenvalue weighted by Crippen LogP contribution is -2.56. The zero-order valence-corrected chi connectivity index (χ0v) is 33.4. The summed E-state index contributed by atoms with van der Waals surface area (Å²) >= 11 is 1.91. The predicted molar refractivity (Wildman–Crippen MR) is 227 cm³/mol. The average Bonchev–Trinajstić information content (AvgIpc) is 3.94. The molecule has 0 atom stereocenters. The molecule has 268 valence electrons. The predicted octanol–water partition coefficient (Wildman–Crippen LogP) is 11.0. The minimum absolute atomic E-state index is 0.0449. The largest absolute Gasteiger partial charge is 0.458 e. The van der Waals surface area contributed by atoms with Crippen LogP contribution in [0.1, 0.15) is 107 Å². The van der Waals surface area contributed by atoms with Crippen molar-refractivity contribution in [1.29, 1.82) is 0 Å². The molecule has 3 nitrogen and oxygen atoms in total. The van der Waals surface area contributed by atoms with Crippen LogP contribution in [-0.2, 0) is 41.9 Å². The zero-order chi connectivity index (χ0) is 36.6. The third-order valence-corrected chi connectivity index (χ3v) is 15.1. The van der Waals surface area contributed by atoms with Crippen LogP contribution in [0, 0.1) is 0 Å². The average molecular weight is 724 g/mol. The van der Waals surface area contributed by atoms with Gasteiger partial charge in [-0.15, -0.1) is 11.3 Å². The maximum Gasteiger partial charge on any atom is 0.273 e. The second-order valence-corrected chi connectivity index (χ2v) is 20.5. The summed E-state index contributed by atoms with van der Waals surface area (Å²) in [5.74, 6) is 3.89.